The molecule has 9 nitrogen and oxygen atoms in total. The topological polar surface area (TPSA) is 108 Å². The molecule has 170 valence electrons. The predicted molar refractivity (Wildman–Crippen MR) is 118 cm³/mol. The number of aromatic nitrogens is 3. The summed E-state index contributed by atoms with van der Waals surface area (Å²) >= 11 is 0. The number of ether oxygens (including phenoxy) is 1. The zero-order valence-electron chi connectivity index (χ0n) is 18.3. The maximum Gasteiger partial charge on any atom is 0.270 e. The number of aryl methyl sites for hydroxylation is 2. The summed E-state index contributed by atoms with van der Waals surface area (Å²) in [7, 11) is 3.05. The zero-order chi connectivity index (χ0) is 23.5. The van der Waals surface area contributed by atoms with Crippen molar-refractivity contribution in [2.45, 2.75) is 26.0 Å². The van der Waals surface area contributed by atoms with Gasteiger partial charge < -0.3 is 19.5 Å². The molecule has 1 aliphatic heterocycles. The second kappa shape index (κ2) is 9.19. The molecule has 0 unspecified atom stereocenters. The van der Waals surface area contributed by atoms with E-state index < -0.39 is 11.7 Å². The van der Waals surface area contributed by atoms with Gasteiger partial charge in [0.25, 0.3) is 5.91 Å². The predicted octanol–water partition coefficient (Wildman–Crippen LogP) is 2.43. The number of nitrogens with one attached hydrogen (secondary N) is 1. The Morgan fingerprint density at radius 1 is 1.27 bits per heavy atom. The molecule has 0 aliphatic carbocycles. The largest absolute Gasteiger partial charge is 0.494 e. The van der Waals surface area contributed by atoms with Crippen LogP contribution < -0.4 is 15.6 Å². The molecule has 10 heteroatoms. The Labute approximate surface area is 188 Å². The Morgan fingerprint density at radius 3 is 2.85 bits per heavy atom. The highest BCUT2D eigenvalue weighted by Crippen LogP contribution is 2.28. The lowest BCUT2D eigenvalue weighted by Gasteiger charge is -2.10. The molecular weight excluding hydrogens is 429 g/mol. The van der Waals surface area contributed by atoms with Crippen LogP contribution in [0, 0.1) is 12.7 Å². The molecular formula is C23H22FN5O4. The van der Waals surface area contributed by atoms with Crippen LogP contribution in [0.2, 0.25) is 0 Å². The van der Waals surface area contributed by atoms with Gasteiger partial charge in [0.05, 0.1) is 12.8 Å². The smallest absolute Gasteiger partial charge is 0.270 e. The number of benzene rings is 1. The van der Waals surface area contributed by atoms with Gasteiger partial charge in [0.15, 0.2) is 17.7 Å². The molecule has 33 heavy (non-hydrogen) atoms. The summed E-state index contributed by atoms with van der Waals surface area (Å²) in [5.74, 6) is -0.359. The van der Waals surface area contributed by atoms with E-state index in [2.05, 4.69) is 20.4 Å². The summed E-state index contributed by atoms with van der Waals surface area (Å²) < 4.78 is 20.0. The van der Waals surface area contributed by atoms with Gasteiger partial charge >= 0.3 is 0 Å². The summed E-state index contributed by atoms with van der Waals surface area (Å²) in [6.07, 6.45) is 1.79. The fourth-order valence-corrected chi connectivity index (χ4v) is 3.43. The molecule has 0 saturated carbocycles. The zero-order valence-corrected chi connectivity index (χ0v) is 18.3. The van der Waals surface area contributed by atoms with Crippen LogP contribution in [0.1, 0.15) is 45.7 Å². The highest BCUT2D eigenvalue weighted by Gasteiger charge is 2.26. The van der Waals surface area contributed by atoms with E-state index in [0.717, 1.165) is 5.56 Å². The maximum atomic E-state index is 13.6. The third-order valence-corrected chi connectivity index (χ3v) is 5.18. The first-order valence-corrected chi connectivity index (χ1v) is 10.2. The summed E-state index contributed by atoms with van der Waals surface area (Å²) in [5, 5.41) is 6.90. The molecule has 1 aliphatic rings. The molecule has 4 rings (SSSR count). The molecule has 2 aromatic heterocycles. The number of hydrogen-bond donors (Lipinski definition) is 1. The number of carbonyl (C=O) groups is 1. The van der Waals surface area contributed by atoms with Crippen molar-refractivity contribution in [3.05, 3.63) is 87.1 Å². The van der Waals surface area contributed by atoms with Crippen molar-refractivity contribution in [1.29, 1.82) is 0 Å². The second-order valence-electron chi connectivity index (χ2n) is 7.58. The second-order valence-corrected chi connectivity index (χ2v) is 7.58. The van der Waals surface area contributed by atoms with Gasteiger partial charge in [-0.2, -0.15) is 0 Å². The van der Waals surface area contributed by atoms with Crippen LogP contribution in [0.15, 0.2) is 52.5 Å². The first-order chi connectivity index (χ1) is 15.8. The SMILES string of the molecule is COc1cc(CNC(=O)c2cc(C3=NO[C@H](c4ccc(=O)n(C)c4)C3)nc(C)n2)ccc1F. The van der Waals surface area contributed by atoms with Crippen molar-refractivity contribution in [2.24, 2.45) is 12.2 Å². The van der Waals surface area contributed by atoms with Gasteiger partial charge in [-0.25, -0.2) is 14.4 Å². The Hall–Kier alpha value is -4.08. The standard InChI is InChI=1S/C23H22FN5O4/c1-13-26-17(18-10-20(33-28-18)15-5-7-22(30)29(2)12-15)9-19(27-13)23(31)25-11-14-4-6-16(24)21(8-14)32-3/h4-9,12,20H,10-11H2,1-3H3,(H,25,31)/t20-/m0/s1. The number of amides is 1. The molecule has 3 heterocycles. The average Bonchev–Trinajstić information content (AvgIpc) is 3.30. The molecule has 1 atom stereocenters. The number of hydrogen-bond acceptors (Lipinski definition) is 7. The summed E-state index contributed by atoms with van der Waals surface area (Å²) in [6, 6.07) is 9.12. The fraction of sp³-hybridized carbons (Fsp3) is 0.261. The van der Waals surface area contributed by atoms with E-state index >= 15 is 0 Å². The lowest BCUT2D eigenvalue weighted by Crippen LogP contribution is -2.25. The quantitative estimate of drug-likeness (QED) is 0.617. The Kier molecular flexibility index (Phi) is 6.16. The van der Waals surface area contributed by atoms with Crippen molar-refractivity contribution in [2.75, 3.05) is 7.11 Å². The third-order valence-electron chi connectivity index (χ3n) is 5.18. The molecule has 0 fully saturated rings. The number of rotatable bonds is 6. The molecule has 3 aromatic rings. The number of methoxy groups -OCH3 is 1. The van der Waals surface area contributed by atoms with Crippen LogP contribution in [0.5, 0.6) is 5.75 Å². The van der Waals surface area contributed by atoms with E-state index in [0.29, 0.717) is 29.2 Å². The van der Waals surface area contributed by atoms with Gasteiger partial charge in [-0.1, -0.05) is 11.2 Å². The van der Waals surface area contributed by atoms with Crippen LogP contribution in [-0.4, -0.2) is 33.3 Å². The minimum atomic E-state index is -0.473. The number of nitrogens with zero attached hydrogens (tertiary/aromatic N) is 4. The first-order valence-electron chi connectivity index (χ1n) is 10.2. The molecule has 1 aromatic carbocycles. The van der Waals surface area contributed by atoms with E-state index in [4.69, 9.17) is 9.57 Å². The van der Waals surface area contributed by atoms with Crippen LogP contribution in [0.4, 0.5) is 4.39 Å². The van der Waals surface area contributed by atoms with Gasteiger partial charge in [-0.05, 0) is 36.8 Å². The van der Waals surface area contributed by atoms with E-state index in [9.17, 15) is 14.0 Å². The van der Waals surface area contributed by atoms with Gasteiger partial charge in [0.1, 0.15) is 17.2 Å². The molecule has 0 saturated heterocycles. The summed E-state index contributed by atoms with van der Waals surface area (Å²) in [4.78, 5) is 38.5. The normalized spacial score (nSPS) is 15.0. The van der Waals surface area contributed by atoms with E-state index in [1.807, 2.05) is 0 Å². The molecule has 0 radical (unpaired) electrons. The van der Waals surface area contributed by atoms with Gasteiger partial charge in [-0.15, -0.1) is 0 Å². The van der Waals surface area contributed by atoms with Gasteiger partial charge in [0.2, 0.25) is 5.56 Å². The first kappa shape index (κ1) is 22.1. The third kappa shape index (κ3) is 4.89. The van der Waals surface area contributed by atoms with Crippen molar-refractivity contribution in [3.8, 4) is 5.75 Å². The van der Waals surface area contributed by atoms with E-state index in [1.54, 1.807) is 38.4 Å². The van der Waals surface area contributed by atoms with Crippen LogP contribution >= 0.6 is 0 Å². The summed E-state index contributed by atoms with van der Waals surface area (Å²) in [6.45, 7) is 1.86. The van der Waals surface area contributed by atoms with Crippen molar-refractivity contribution < 1.29 is 18.8 Å². The Bertz CT molecular complexity index is 1300. The Balaban J connectivity index is 1.47. The number of halogens is 1. The van der Waals surface area contributed by atoms with Crippen molar-refractivity contribution in [3.63, 3.8) is 0 Å². The minimum absolute atomic E-state index is 0.106. The van der Waals surface area contributed by atoms with Crippen LogP contribution in [0.3, 0.4) is 0 Å². The maximum absolute atomic E-state index is 13.6. The van der Waals surface area contributed by atoms with Crippen molar-refractivity contribution in [1.82, 2.24) is 19.9 Å². The number of carbonyl (C=O) groups excluding carboxylic acids is 1. The summed E-state index contributed by atoms with van der Waals surface area (Å²) in [5.41, 5.74) is 2.63. The molecule has 1 N–H and O–H groups in total. The van der Waals surface area contributed by atoms with Gasteiger partial charge in [0, 0.05) is 37.8 Å². The van der Waals surface area contributed by atoms with Crippen molar-refractivity contribution >= 4 is 11.6 Å². The Morgan fingerprint density at radius 2 is 2.09 bits per heavy atom. The van der Waals surface area contributed by atoms with Crippen LogP contribution in [-0.2, 0) is 18.4 Å². The van der Waals surface area contributed by atoms with Gasteiger partial charge in [-0.3, -0.25) is 9.59 Å². The highest BCUT2D eigenvalue weighted by atomic mass is 19.1. The number of pyridine rings is 1. The lowest BCUT2D eigenvalue weighted by atomic mass is 10.0. The molecule has 0 bridgehead atoms. The monoisotopic (exact) mass is 451 g/mol. The average molecular weight is 451 g/mol. The molecule has 1 amide bonds. The number of oxime groups is 1. The van der Waals surface area contributed by atoms with E-state index in [1.165, 1.54) is 29.9 Å². The lowest BCUT2D eigenvalue weighted by molar-refractivity contribution is 0.0852. The minimum Gasteiger partial charge on any atom is -0.494 e. The molecule has 0 spiro atoms. The van der Waals surface area contributed by atoms with E-state index in [-0.39, 0.29) is 29.7 Å². The highest BCUT2D eigenvalue weighted by molar-refractivity contribution is 6.02. The van der Waals surface area contributed by atoms with Crippen LogP contribution in [0.25, 0.3) is 0 Å². The fourth-order valence-electron chi connectivity index (χ4n) is 3.43.